The van der Waals surface area contributed by atoms with E-state index >= 15 is 0 Å². The number of carboxylic acid groups (broad SMARTS) is 1. The molecule has 0 spiro atoms. The molecule has 1 saturated heterocycles. The van der Waals surface area contributed by atoms with Gasteiger partial charge in [0.15, 0.2) is 0 Å². The number of likely N-dealkylation sites (tertiary alicyclic amines) is 1. The number of aromatic amines is 1. The molecule has 1 aliphatic heterocycles. The molecule has 9 heteroatoms. The third-order valence-electron chi connectivity index (χ3n) is 3.73. The zero-order valence-electron chi connectivity index (χ0n) is 12.2. The summed E-state index contributed by atoms with van der Waals surface area (Å²) in [5.41, 5.74) is 1.04. The number of aromatic nitrogens is 1. The maximum atomic E-state index is 12.4. The van der Waals surface area contributed by atoms with Crippen molar-refractivity contribution in [1.82, 2.24) is 15.2 Å². The lowest BCUT2D eigenvalue weighted by molar-refractivity contribution is 0.0101. The quantitative estimate of drug-likeness (QED) is 0.733. The molecule has 1 fully saturated rings. The summed E-state index contributed by atoms with van der Waals surface area (Å²) in [5.74, 6) is -0.308. The number of nitrogens with zero attached hydrogens (tertiary/aromatic N) is 1. The summed E-state index contributed by atoms with van der Waals surface area (Å²) in [7, 11) is 1.50. The summed E-state index contributed by atoms with van der Waals surface area (Å²) in [4.78, 5) is 27.6. The van der Waals surface area contributed by atoms with Crippen LogP contribution in [-0.2, 0) is 4.74 Å². The number of carbonyl (C=O) groups excluding carboxylic acids is 1. The van der Waals surface area contributed by atoms with Crippen molar-refractivity contribution in [3.63, 3.8) is 0 Å². The Kier molecular flexibility index (Phi) is 5.36. The van der Waals surface area contributed by atoms with Gasteiger partial charge in [0.1, 0.15) is 5.69 Å². The molecule has 0 saturated carbocycles. The SMILES string of the molecule is CO[C@H]1CN(C(=O)O)CC[C@H]1NC(=O)c1[nH]c(C)c(Cl)c1Br. The number of methoxy groups -OCH3 is 1. The average Bonchev–Trinajstić information content (AvgIpc) is 2.75. The Morgan fingerprint density at radius 1 is 1.55 bits per heavy atom. The third-order valence-corrected chi connectivity index (χ3v) is 5.22. The Labute approximate surface area is 141 Å². The van der Waals surface area contributed by atoms with Crippen LogP contribution in [0.2, 0.25) is 5.02 Å². The molecule has 2 atom stereocenters. The minimum atomic E-state index is -0.985. The van der Waals surface area contributed by atoms with E-state index in [9.17, 15) is 9.59 Å². The van der Waals surface area contributed by atoms with Gasteiger partial charge in [-0.15, -0.1) is 0 Å². The highest BCUT2D eigenvalue weighted by molar-refractivity contribution is 9.10. The first-order chi connectivity index (χ1) is 10.3. The van der Waals surface area contributed by atoms with Crippen molar-refractivity contribution in [1.29, 1.82) is 0 Å². The van der Waals surface area contributed by atoms with Gasteiger partial charge < -0.3 is 25.0 Å². The van der Waals surface area contributed by atoms with Crippen LogP contribution in [-0.4, -0.2) is 59.3 Å². The maximum Gasteiger partial charge on any atom is 0.407 e. The second-order valence-corrected chi connectivity index (χ2v) is 6.30. The molecule has 7 nitrogen and oxygen atoms in total. The van der Waals surface area contributed by atoms with Crippen LogP contribution in [0, 0.1) is 6.92 Å². The van der Waals surface area contributed by atoms with Crippen molar-refractivity contribution in [3.05, 3.63) is 20.9 Å². The Morgan fingerprint density at radius 2 is 2.23 bits per heavy atom. The van der Waals surface area contributed by atoms with Crippen molar-refractivity contribution in [3.8, 4) is 0 Å². The minimum Gasteiger partial charge on any atom is -0.465 e. The van der Waals surface area contributed by atoms with Gasteiger partial charge in [-0.3, -0.25) is 4.79 Å². The fourth-order valence-electron chi connectivity index (χ4n) is 2.46. The van der Waals surface area contributed by atoms with Crippen LogP contribution >= 0.6 is 27.5 Å². The van der Waals surface area contributed by atoms with E-state index in [1.54, 1.807) is 6.92 Å². The highest BCUT2D eigenvalue weighted by Crippen LogP contribution is 2.29. The predicted molar refractivity (Wildman–Crippen MR) is 84.5 cm³/mol. The van der Waals surface area contributed by atoms with Gasteiger partial charge in [-0.05, 0) is 29.3 Å². The summed E-state index contributed by atoms with van der Waals surface area (Å²) in [6.45, 7) is 2.35. The molecule has 0 bridgehead atoms. The Hall–Kier alpha value is -1.25. The zero-order valence-corrected chi connectivity index (χ0v) is 14.5. The number of aryl methyl sites for hydroxylation is 1. The van der Waals surface area contributed by atoms with Crippen LogP contribution in [0.4, 0.5) is 4.79 Å². The Bertz CT molecular complexity index is 592. The minimum absolute atomic E-state index is 0.225. The lowest BCUT2D eigenvalue weighted by Crippen LogP contribution is -2.55. The number of hydrogen-bond acceptors (Lipinski definition) is 3. The Balaban J connectivity index is 2.07. The molecule has 0 unspecified atom stereocenters. The first-order valence-electron chi connectivity index (χ1n) is 6.70. The monoisotopic (exact) mass is 393 g/mol. The van der Waals surface area contributed by atoms with E-state index in [-0.39, 0.29) is 24.6 Å². The van der Waals surface area contributed by atoms with Gasteiger partial charge in [0.05, 0.1) is 28.2 Å². The molecule has 2 rings (SSSR count). The number of nitrogens with one attached hydrogen (secondary N) is 2. The molecule has 22 heavy (non-hydrogen) atoms. The van der Waals surface area contributed by atoms with Crippen molar-refractivity contribution in [2.45, 2.75) is 25.5 Å². The second kappa shape index (κ2) is 6.89. The van der Waals surface area contributed by atoms with Crippen LogP contribution in [0.5, 0.6) is 0 Å². The fourth-order valence-corrected chi connectivity index (χ4v) is 3.18. The summed E-state index contributed by atoms with van der Waals surface area (Å²) in [6, 6.07) is -0.262. The molecular formula is C13H17BrClN3O4. The van der Waals surface area contributed by atoms with Gasteiger partial charge in [0.2, 0.25) is 0 Å². The summed E-state index contributed by atoms with van der Waals surface area (Å²) >= 11 is 9.33. The molecule has 2 heterocycles. The number of hydrogen-bond donors (Lipinski definition) is 3. The van der Waals surface area contributed by atoms with E-state index < -0.39 is 6.09 Å². The normalized spacial score (nSPS) is 21.7. The molecule has 1 aromatic rings. The van der Waals surface area contributed by atoms with Crippen molar-refractivity contribution < 1.29 is 19.4 Å². The first-order valence-corrected chi connectivity index (χ1v) is 7.87. The van der Waals surface area contributed by atoms with Gasteiger partial charge in [-0.1, -0.05) is 11.6 Å². The predicted octanol–water partition coefficient (Wildman–Crippen LogP) is 2.24. The fraction of sp³-hybridized carbons (Fsp3) is 0.538. The van der Waals surface area contributed by atoms with E-state index in [0.717, 1.165) is 0 Å². The molecular weight excluding hydrogens is 378 g/mol. The summed E-state index contributed by atoms with van der Waals surface area (Å²) < 4.78 is 5.83. The van der Waals surface area contributed by atoms with Gasteiger partial charge in [0, 0.05) is 19.3 Å². The van der Waals surface area contributed by atoms with Crippen LogP contribution < -0.4 is 5.32 Å². The summed E-state index contributed by atoms with van der Waals surface area (Å²) in [6.07, 6.45) is -0.887. The van der Waals surface area contributed by atoms with E-state index in [1.165, 1.54) is 12.0 Å². The van der Waals surface area contributed by atoms with Crippen molar-refractivity contribution in [2.75, 3.05) is 20.2 Å². The highest BCUT2D eigenvalue weighted by atomic mass is 79.9. The molecule has 122 valence electrons. The van der Waals surface area contributed by atoms with Crippen LogP contribution in [0.25, 0.3) is 0 Å². The number of halogens is 2. The number of H-pyrrole nitrogens is 1. The molecule has 0 radical (unpaired) electrons. The number of rotatable bonds is 3. The molecule has 0 aliphatic carbocycles. The molecule has 0 aromatic carbocycles. The standard InChI is InChI=1S/C13H17BrClN3O4/c1-6-10(15)9(14)11(16-6)12(19)17-7-3-4-18(13(20)21)5-8(7)22-2/h7-8,16H,3-5H2,1-2H3,(H,17,19)(H,20,21)/t7-,8+/m1/s1. The van der Waals surface area contributed by atoms with Crippen LogP contribution in [0.3, 0.4) is 0 Å². The number of amides is 2. The smallest absolute Gasteiger partial charge is 0.407 e. The zero-order chi connectivity index (χ0) is 16.4. The van der Waals surface area contributed by atoms with Crippen molar-refractivity contribution >= 4 is 39.5 Å². The third kappa shape index (κ3) is 3.39. The van der Waals surface area contributed by atoms with E-state index in [4.69, 9.17) is 21.4 Å². The largest absolute Gasteiger partial charge is 0.465 e. The first kappa shape index (κ1) is 17.1. The molecule has 1 aromatic heterocycles. The van der Waals surface area contributed by atoms with Crippen molar-refractivity contribution in [2.24, 2.45) is 0 Å². The Morgan fingerprint density at radius 3 is 2.73 bits per heavy atom. The van der Waals surface area contributed by atoms with E-state index in [2.05, 4.69) is 26.2 Å². The van der Waals surface area contributed by atoms with Crippen LogP contribution in [0.15, 0.2) is 4.47 Å². The lowest BCUT2D eigenvalue weighted by Gasteiger charge is -2.36. The molecule has 3 N–H and O–H groups in total. The number of ether oxygens (including phenoxy) is 1. The lowest BCUT2D eigenvalue weighted by atomic mass is 10.0. The molecule has 2 amide bonds. The number of carbonyl (C=O) groups is 2. The van der Waals surface area contributed by atoms with Crippen LogP contribution in [0.1, 0.15) is 22.6 Å². The summed E-state index contributed by atoms with van der Waals surface area (Å²) in [5, 5.41) is 12.4. The highest BCUT2D eigenvalue weighted by Gasteiger charge is 2.33. The average molecular weight is 395 g/mol. The number of piperidine rings is 1. The second-order valence-electron chi connectivity index (χ2n) is 5.12. The van der Waals surface area contributed by atoms with Gasteiger partial charge >= 0.3 is 6.09 Å². The van der Waals surface area contributed by atoms with E-state index in [0.29, 0.717) is 33.8 Å². The van der Waals surface area contributed by atoms with E-state index in [1.807, 2.05) is 0 Å². The van der Waals surface area contributed by atoms with Gasteiger partial charge in [-0.25, -0.2) is 4.79 Å². The maximum absolute atomic E-state index is 12.4. The van der Waals surface area contributed by atoms with Gasteiger partial charge in [-0.2, -0.15) is 0 Å². The molecule has 1 aliphatic rings. The topological polar surface area (TPSA) is 94.7 Å². The van der Waals surface area contributed by atoms with Gasteiger partial charge in [0.25, 0.3) is 5.91 Å².